The van der Waals surface area contributed by atoms with Gasteiger partial charge in [0.15, 0.2) is 5.96 Å². The fourth-order valence-corrected chi connectivity index (χ4v) is 2.59. The molecule has 2 rings (SSSR count). The lowest BCUT2D eigenvalue weighted by Crippen LogP contribution is -2.37. The summed E-state index contributed by atoms with van der Waals surface area (Å²) in [6.07, 6.45) is 0.819. The second kappa shape index (κ2) is 9.79. The number of benzene rings is 2. The van der Waals surface area contributed by atoms with Gasteiger partial charge in [-0.25, -0.2) is 4.39 Å². The highest BCUT2D eigenvalue weighted by atomic mass is 19.1. The van der Waals surface area contributed by atoms with Crippen molar-refractivity contribution in [3.63, 3.8) is 0 Å². The van der Waals surface area contributed by atoms with Crippen LogP contribution in [0.4, 0.5) is 4.39 Å². The Morgan fingerprint density at radius 3 is 2.40 bits per heavy atom. The van der Waals surface area contributed by atoms with E-state index in [0.717, 1.165) is 37.6 Å². The Morgan fingerprint density at radius 1 is 1.00 bits per heavy atom. The van der Waals surface area contributed by atoms with E-state index < -0.39 is 0 Å². The van der Waals surface area contributed by atoms with E-state index in [4.69, 9.17) is 0 Å². The van der Waals surface area contributed by atoms with E-state index in [9.17, 15) is 4.39 Å². The number of rotatable bonds is 7. The minimum atomic E-state index is -0.203. The summed E-state index contributed by atoms with van der Waals surface area (Å²) in [6, 6.07) is 15.1. The average Bonchev–Trinajstić information content (AvgIpc) is 2.59. The van der Waals surface area contributed by atoms with Crippen molar-refractivity contribution in [2.75, 3.05) is 27.7 Å². The van der Waals surface area contributed by atoms with Crippen LogP contribution in [0.15, 0.2) is 53.5 Å². The van der Waals surface area contributed by atoms with Gasteiger partial charge >= 0.3 is 0 Å². The van der Waals surface area contributed by atoms with Gasteiger partial charge in [-0.05, 0) is 49.3 Å². The highest BCUT2D eigenvalue weighted by Gasteiger charge is 2.01. The predicted molar refractivity (Wildman–Crippen MR) is 102 cm³/mol. The minimum Gasteiger partial charge on any atom is -0.356 e. The molecule has 0 aliphatic rings. The number of nitrogens with one attached hydrogen (secondary N) is 2. The molecule has 0 unspecified atom stereocenters. The standard InChI is InChI=1S/C20H27FN4/c1-22-20(23-12-11-16-7-9-19(21)10-8-16)24-14-17-5-4-6-18(13-17)15-25(2)3/h4-10,13H,11-12,14-15H2,1-3H3,(H2,22,23,24). The zero-order valence-corrected chi connectivity index (χ0v) is 15.2. The largest absolute Gasteiger partial charge is 0.356 e. The molecule has 0 atom stereocenters. The van der Waals surface area contributed by atoms with Gasteiger partial charge in [-0.15, -0.1) is 0 Å². The third-order valence-electron chi connectivity index (χ3n) is 3.79. The van der Waals surface area contributed by atoms with Gasteiger partial charge in [0.2, 0.25) is 0 Å². The Kier molecular flexibility index (Phi) is 7.41. The molecule has 25 heavy (non-hydrogen) atoms. The molecule has 0 heterocycles. The molecule has 0 saturated carbocycles. The fourth-order valence-electron chi connectivity index (χ4n) is 2.59. The lowest BCUT2D eigenvalue weighted by atomic mass is 10.1. The number of halogens is 1. The summed E-state index contributed by atoms with van der Waals surface area (Å²) >= 11 is 0. The molecule has 2 aromatic rings. The van der Waals surface area contributed by atoms with E-state index >= 15 is 0 Å². The zero-order chi connectivity index (χ0) is 18.1. The molecule has 4 nitrogen and oxygen atoms in total. The van der Waals surface area contributed by atoms with Crippen LogP contribution < -0.4 is 10.6 Å². The van der Waals surface area contributed by atoms with E-state index in [1.54, 1.807) is 7.05 Å². The van der Waals surface area contributed by atoms with Crippen LogP contribution in [0.1, 0.15) is 16.7 Å². The summed E-state index contributed by atoms with van der Waals surface area (Å²) in [7, 11) is 5.89. The third kappa shape index (κ3) is 6.93. The van der Waals surface area contributed by atoms with Crippen molar-refractivity contribution >= 4 is 5.96 Å². The molecule has 5 heteroatoms. The molecule has 0 spiro atoms. The Balaban J connectivity index is 1.79. The predicted octanol–water partition coefficient (Wildman–Crippen LogP) is 2.80. The maximum atomic E-state index is 12.9. The van der Waals surface area contributed by atoms with Crippen molar-refractivity contribution < 1.29 is 4.39 Å². The van der Waals surface area contributed by atoms with Crippen LogP contribution in [0.25, 0.3) is 0 Å². The van der Waals surface area contributed by atoms with Gasteiger partial charge in [-0.3, -0.25) is 4.99 Å². The number of hydrogen-bond donors (Lipinski definition) is 2. The van der Waals surface area contributed by atoms with E-state index in [1.807, 2.05) is 12.1 Å². The van der Waals surface area contributed by atoms with Gasteiger partial charge in [0.1, 0.15) is 5.82 Å². The van der Waals surface area contributed by atoms with Crippen molar-refractivity contribution in [1.82, 2.24) is 15.5 Å². The van der Waals surface area contributed by atoms with E-state index in [2.05, 4.69) is 58.9 Å². The lowest BCUT2D eigenvalue weighted by molar-refractivity contribution is 0.402. The molecule has 0 fully saturated rings. The maximum Gasteiger partial charge on any atom is 0.191 e. The van der Waals surface area contributed by atoms with Crippen LogP contribution in [0.2, 0.25) is 0 Å². The van der Waals surface area contributed by atoms with Crippen LogP contribution >= 0.6 is 0 Å². The van der Waals surface area contributed by atoms with E-state index in [0.29, 0.717) is 0 Å². The molecular weight excluding hydrogens is 315 g/mol. The lowest BCUT2D eigenvalue weighted by Gasteiger charge is -2.14. The Morgan fingerprint density at radius 2 is 1.72 bits per heavy atom. The Bertz CT molecular complexity index is 680. The Labute approximate surface area is 149 Å². The molecular formula is C20H27FN4. The average molecular weight is 342 g/mol. The van der Waals surface area contributed by atoms with Crippen LogP contribution in [0.3, 0.4) is 0 Å². The summed E-state index contributed by atoms with van der Waals surface area (Å²) in [5.74, 6) is 0.561. The molecule has 0 aliphatic heterocycles. The van der Waals surface area contributed by atoms with Gasteiger partial charge in [-0.2, -0.15) is 0 Å². The zero-order valence-electron chi connectivity index (χ0n) is 15.2. The summed E-state index contributed by atoms with van der Waals surface area (Å²) in [5.41, 5.74) is 3.62. The van der Waals surface area contributed by atoms with Crippen molar-refractivity contribution in [2.24, 2.45) is 4.99 Å². The fraction of sp³-hybridized carbons (Fsp3) is 0.350. The van der Waals surface area contributed by atoms with E-state index in [-0.39, 0.29) is 5.82 Å². The van der Waals surface area contributed by atoms with Crippen molar-refractivity contribution in [2.45, 2.75) is 19.5 Å². The highest BCUT2D eigenvalue weighted by molar-refractivity contribution is 5.79. The van der Waals surface area contributed by atoms with Gasteiger partial charge in [0, 0.05) is 26.7 Å². The molecule has 0 aliphatic carbocycles. The topological polar surface area (TPSA) is 39.7 Å². The van der Waals surface area contributed by atoms with Gasteiger partial charge in [0.05, 0.1) is 0 Å². The number of guanidine groups is 1. The SMILES string of the molecule is CN=C(NCCc1ccc(F)cc1)NCc1cccc(CN(C)C)c1. The molecule has 2 aromatic carbocycles. The molecule has 0 bridgehead atoms. The van der Waals surface area contributed by atoms with Crippen molar-refractivity contribution in [1.29, 1.82) is 0 Å². The first-order chi connectivity index (χ1) is 12.1. The van der Waals surface area contributed by atoms with Gasteiger partial charge in [0.25, 0.3) is 0 Å². The van der Waals surface area contributed by atoms with Crippen LogP contribution in [0.5, 0.6) is 0 Å². The molecule has 0 aromatic heterocycles. The van der Waals surface area contributed by atoms with Gasteiger partial charge < -0.3 is 15.5 Å². The number of nitrogens with zero attached hydrogens (tertiary/aromatic N) is 2. The second-order valence-corrected chi connectivity index (χ2v) is 6.29. The molecule has 0 amide bonds. The first-order valence-corrected chi connectivity index (χ1v) is 8.48. The smallest absolute Gasteiger partial charge is 0.191 e. The third-order valence-corrected chi connectivity index (χ3v) is 3.79. The summed E-state index contributed by atoms with van der Waals surface area (Å²) in [6.45, 7) is 2.39. The summed E-state index contributed by atoms with van der Waals surface area (Å²) in [4.78, 5) is 6.40. The first-order valence-electron chi connectivity index (χ1n) is 8.48. The quantitative estimate of drug-likeness (QED) is 0.600. The molecule has 134 valence electrons. The first kappa shape index (κ1) is 18.9. The summed E-state index contributed by atoms with van der Waals surface area (Å²) in [5, 5.41) is 6.61. The van der Waals surface area contributed by atoms with Crippen LogP contribution in [-0.4, -0.2) is 38.5 Å². The van der Waals surface area contributed by atoms with Crippen molar-refractivity contribution in [3.05, 3.63) is 71.0 Å². The van der Waals surface area contributed by atoms with E-state index in [1.165, 1.54) is 23.3 Å². The maximum absolute atomic E-state index is 12.9. The summed E-state index contributed by atoms with van der Waals surface area (Å²) < 4.78 is 12.9. The van der Waals surface area contributed by atoms with Gasteiger partial charge in [-0.1, -0.05) is 36.4 Å². The monoisotopic (exact) mass is 342 g/mol. The molecule has 0 saturated heterocycles. The Hall–Kier alpha value is -2.40. The second-order valence-electron chi connectivity index (χ2n) is 6.29. The van der Waals surface area contributed by atoms with Crippen LogP contribution in [-0.2, 0) is 19.5 Å². The molecule has 2 N–H and O–H groups in total. The normalized spacial score (nSPS) is 11.6. The highest BCUT2D eigenvalue weighted by Crippen LogP contribution is 2.07. The molecule has 0 radical (unpaired) electrons. The number of hydrogen-bond acceptors (Lipinski definition) is 2. The minimum absolute atomic E-state index is 0.203. The van der Waals surface area contributed by atoms with Crippen molar-refractivity contribution in [3.8, 4) is 0 Å². The van der Waals surface area contributed by atoms with Crippen LogP contribution in [0, 0.1) is 5.82 Å². The number of aliphatic imine (C=N–C) groups is 1.